The lowest BCUT2D eigenvalue weighted by atomic mass is 9.84. The average molecular weight is 263 g/mol. The summed E-state index contributed by atoms with van der Waals surface area (Å²) in [4.78, 5) is 4.11. The van der Waals surface area contributed by atoms with E-state index in [1.165, 1.54) is 6.07 Å². The number of hydrogen-bond donors (Lipinski definition) is 2. The normalized spacial score (nSPS) is 12.1. The van der Waals surface area contributed by atoms with Crippen molar-refractivity contribution in [1.82, 2.24) is 10.6 Å². The summed E-state index contributed by atoms with van der Waals surface area (Å²) in [6, 6.07) is 6.70. The van der Waals surface area contributed by atoms with Crippen LogP contribution in [0.4, 0.5) is 4.39 Å². The third-order valence-electron chi connectivity index (χ3n) is 2.94. The lowest BCUT2D eigenvalue weighted by Gasteiger charge is -2.26. The standard InChI is InChI=1S/C15H22FN3/c1-5-9-18-14(17-4)19-11-15(2,3)12-7-6-8-13(16)10-12/h5-8,10H,1,9,11H2,2-4H3,(H2,17,18,19). The minimum atomic E-state index is -0.209. The van der Waals surface area contributed by atoms with Crippen molar-refractivity contribution in [2.45, 2.75) is 19.3 Å². The highest BCUT2D eigenvalue weighted by Crippen LogP contribution is 2.22. The van der Waals surface area contributed by atoms with Crippen molar-refractivity contribution >= 4 is 5.96 Å². The van der Waals surface area contributed by atoms with Gasteiger partial charge in [-0.05, 0) is 17.7 Å². The van der Waals surface area contributed by atoms with Gasteiger partial charge in [0.2, 0.25) is 0 Å². The van der Waals surface area contributed by atoms with Crippen LogP contribution < -0.4 is 10.6 Å². The van der Waals surface area contributed by atoms with E-state index in [9.17, 15) is 4.39 Å². The van der Waals surface area contributed by atoms with Crippen molar-refractivity contribution in [1.29, 1.82) is 0 Å². The van der Waals surface area contributed by atoms with Gasteiger partial charge in [-0.15, -0.1) is 6.58 Å². The molecule has 1 rings (SSSR count). The molecular formula is C15H22FN3. The Morgan fingerprint density at radius 3 is 2.74 bits per heavy atom. The number of rotatable bonds is 5. The highest BCUT2D eigenvalue weighted by Gasteiger charge is 2.21. The van der Waals surface area contributed by atoms with Gasteiger partial charge in [-0.2, -0.15) is 0 Å². The Bertz CT molecular complexity index is 452. The maximum atomic E-state index is 13.3. The number of hydrogen-bond acceptors (Lipinski definition) is 1. The van der Waals surface area contributed by atoms with Crippen LogP contribution in [0.2, 0.25) is 0 Å². The van der Waals surface area contributed by atoms with E-state index < -0.39 is 0 Å². The molecule has 104 valence electrons. The summed E-state index contributed by atoms with van der Waals surface area (Å²) in [5.74, 6) is 0.504. The first-order chi connectivity index (χ1) is 8.99. The Hall–Kier alpha value is -1.84. The number of benzene rings is 1. The van der Waals surface area contributed by atoms with Crippen molar-refractivity contribution in [3.8, 4) is 0 Å². The first-order valence-electron chi connectivity index (χ1n) is 6.31. The van der Waals surface area contributed by atoms with Crippen molar-refractivity contribution in [2.75, 3.05) is 20.1 Å². The van der Waals surface area contributed by atoms with Gasteiger partial charge in [-0.1, -0.05) is 32.1 Å². The first-order valence-corrected chi connectivity index (χ1v) is 6.31. The number of halogens is 1. The zero-order valence-corrected chi connectivity index (χ0v) is 11.8. The minimum Gasteiger partial charge on any atom is -0.356 e. The Kier molecular flexibility index (Phi) is 5.55. The first kappa shape index (κ1) is 15.2. The van der Waals surface area contributed by atoms with Gasteiger partial charge in [-0.3, -0.25) is 4.99 Å². The summed E-state index contributed by atoms with van der Waals surface area (Å²) in [5.41, 5.74) is 0.771. The Morgan fingerprint density at radius 1 is 1.42 bits per heavy atom. The van der Waals surface area contributed by atoms with Crippen molar-refractivity contribution in [2.24, 2.45) is 4.99 Å². The van der Waals surface area contributed by atoms with Crippen LogP contribution in [0.1, 0.15) is 19.4 Å². The fourth-order valence-corrected chi connectivity index (χ4v) is 1.71. The molecule has 4 heteroatoms. The Morgan fingerprint density at radius 2 is 2.16 bits per heavy atom. The van der Waals surface area contributed by atoms with E-state index in [2.05, 4.69) is 36.1 Å². The molecule has 0 bridgehead atoms. The van der Waals surface area contributed by atoms with E-state index in [4.69, 9.17) is 0 Å². The number of nitrogens with one attached hydrogen (secondary N) is 2. The molecule has 0 atom stereocenters. The van der Waals surface area contributed by atoms with Crippen molar-refractivity contribution < 1.29 is 4.39 Å². The van der Waals surface area contributed by atoms with E-state index >= 15 is 0 Å². The van der Waals surface area contributed by atoms with Crippen LogP contribution in [-0.2, 0) is 5.41 Å². The molecule has 0 unspecified atom stereocenters. The zero-order chi connectivity index (χ0) is 14.3. The molecule has 1 aromatic rings. The van der Waals surface area contributed by atoms with Crippen molar-refractivity contribution in [3.63, 3.8) is 0 Å². The van der Waals surface area contributed by atoms with Gasteiger partial charge in [0, 0.05) is 25.6 Å². The van der Waals surface area contributed by atoms with Gasteiger partial charge in [0.1, 0.15) is 5.82 Å². The van der Waals surface area contributed by atoms with E-state index in [-0.39, 0.29) is 11.2 Å². The van der Waals surface area contributed by atoms with Crippen LogP contribution in [0.25, 0.3) is 0 Å². The maximum absolute atomic E-state index is 13.3. The topological polar surface area (TPSA) is 36.4 Å². The SMILES string of the molecule is C=CCNC(=NC)NCC(C)(C)c1cccc(F)c1. The van der Waals surface area contributed by atoms with E-state index in [1.807, 2.05) is 6.07 Å². The minimum absolute atomic E-state index is 0.187. The molecule has 0 amide bonds. The maximum Gasteiger partial charge on any atom is 0.191 e. The Balaban J connectivity index is 2.66. The molecule has 0 radical (unpaired) electrons. The fraction of sp³-hybridized carbons (Fsp3) is 0.400. The Labute approximate surface area is 114 Å². The van der Waals surface area contributed by atoms with Crippen molar-refractivity contribution in [3.05, 3.63) is 48.3 Å². The predicted molar refractivity (Wildman–Crippen MR) is 79.0 cm³/mol. The second kappa shape index (κ2) is 6.92. The molecule has 0 aliphatic carbocycles. The quantitative estimate of drug-likeness (QED) is 0.486. The monoisotopic (exact) mass is 263 g/mol. The van der Waals surface area contributed by atoms with E-state index in [1.54, 1.807) is 25.3 Å². The fourth-order valence-electron chi connectivity index (χ4n) is 1.71. The molecule has 0 fully saturated rings. The number of guanidine groups is 1. The summed E-state index contributed by atoms with van der Waals surface area (Å²) in [6.07, 6.45) is 1.77. The molecule has 0 aliphatic heterocycles. The molecule has 0 saturated heterocycles. The highest BCUT2D eigenvalue weighted by atomic mass is 19.1. The molecule has 0 saturated carbocycles. The van der Waals surface area contributed by atoms with Gasteiger partial charge in [-0.25, -0.2) is 4.39 Å². The van der Waals surface area contributed by atoms with Crippen LogP contribution in [0.15, 0.2) is 41.9 Å². The van der Waals surface area contributed by atoms with Crippen LogP contribution in [-0.4, -0.2) is 26.1 Å². The summed E-state index contributed by atoms with van der Waals surface area (Å²) >= 11 is 0. The smallest absolute Gasteiger partial charge is 0.191 e. The average Bonchev–Trinajstić information content (AvgIpc) is 2.39. The molecule has 0 aromatic heterocycles. The predicted octanol–water partition coefficient (Wildman–Crippen LogP) is 2.45. The largest absolute Gasteiger partial charge is 0.356 e. The second-order valence-corrected chi connectivity index (χ2v) is 4.99. The number of nitrogens with zero attached hydrogens (tertiary/aromatic N) is 1. The molecule has 19 heavy (non-hydrogen) atoms. The van der Waals surface area contributed by atoms with Gasteiger partial charge in [0.25, 0.3) is 0 Å². The molecule has 1 aromatic carbocycles. The third-order valence-corrected chi connectivity index (χ3v) is 2.94. The van der Waals surface area contributed by atoms with Gasteiger partial charge in [0.05, 0.1) is 0 Å². The summed E-state index contributed by atoms with van der Waals surface area (Å²) in [6.45, 7) is 9.09. The van der Waals surface area contributed by atoms with Crippen LogP contribution in [0.3, 0.4) is 0 Å². The highest BCUT2D eigenvalue weighted by molar-refractivity contribution is 5.79. The second-order valence-electron chi connectivity index (χ2n) is 4.99. The molecule has 2 N–H and O–H groups in total. The summed E-state index contributed by atoms with van der Waals surface area (Å²) in [7, 11) is 1.72. The van der Waals surface area contributed by atoms with E-state index in [0.717, 1.165) is 5.56 Å². The molecule has 0 aliphatic rings. The molecule has 0 heterocycles. The summed E-state index contributed by atoms with van der Waals surface area (Å²) < 4.78 is 13.3. The van der Waals surface area contributed by atoms with Gasteiger partial charge >= 0.3 is 0 Å². The van der Waals surface area contributed by atoms with Crippen LogP contribution in [0, 0.1) is 5.82 Å². The van der Waals surface area contributed by atoms with E-state index in [0.29, 0.717) is 19.0 Å². The molecular weight excluding hydrogens is 241 g/mol. The van der Waals surface area contributed by atoms with Gasteiger partial charge < -0.3 is 10.6 Å². The molecule has 3 nitrogen and oxygen atoms in total. The van der Waals surface area contributed by atoms with Gasteiger partial charge in [0.15, 0.2) is 5.96 Å². The molecule has 0 spiro atoms. The number of aliphatic imine (C=N–C) groups is 1. The van der Waals surface area contributed by atoms with Crippen LogP contribution in [0.5, 0.6) is 0 Å². The third kappa shape index (κ3) is 4.73. The lowest BCUT2D eigenvalue weighted by Crippen LogP contribution is -2.43. The summed E-state index contributed by atoms with van der Waals surface area (Å²) in [5, 5.41) is 6.33. The lowest BCUT2D eigenvalue weighted by molar-refractivity contribution is 0.504. The van der Waals surface area contributed by atoms with Crippen LogP contribution >= 0.6 is 0 Å². The zero-order valence-electron chi connectivity index (χ0n) is 11.8.